The number of hydrogen-bond donors (Lipinski definition) is 2. The van der Waals surface area contributed by atoms with Gasteiger partial charge in [0.25, 0.3) is 0 Å². The summed E-state index contributed by atoms with van der Waals surface area (Å²) in [5.74, 6) is 2.45. The van der Waals surface area contributed by atoms with Gasteiger partial charge in [-0.1, -0.05) is 12.8 Å². The number of fused-ring (bicyclic) bond motifs is 2. The van der Waals surface area contributed by atoms with Crippen molar-refractivity contribution in [3.63, 3.8) is 0 Å². The van der Waals surface area contributed by atoms with Crippen molar-refractivity contribution in [1.29, 1.82) is 0 Å². The van der Waals surface area contributed by atoms with Crippen LogP contribution in [0.1, 0.15) is 37.9 Å². The number of nitrogens with one attached hydrogen (secondary N) is 2. The van der Waals surface area contributed by atoms with E-state index in [0.29, 0.717) is 30.0 Å². The van der Waals surface area contributed by atoms with Crippen LogP contribution < -0.4 is 10.6 Å². The fraction of sp³-hybridized carbons (Fsp3) is 0.706. The molecule has 3 aliphatic rings. The molecule has 1 aliphatic heterocycles. The van der Waals surface area contributed by atoms with Gasteiger partial charge in [-0.25, -0.2) is 0 Å². The highest BCUT2D eigenvalue weighted by molar-refractivity contribution is 14.0. The van der Waals surface area contributed by atoms with Gasteiger partial charge in [0, 0.05) is 31.0 Å². The average Bonchev–Trinajstić information content (AvgIpc) is 3.27. The Morgan fingerprint density at radius 1 is 1.39 bits per heavy atom. The summed E-state index contributed by atoms with van der Waals surface area (Å²) in [7, 11) is 1.83. The van der Waals surface area contributed by atoms with Gasteiger partial charge in [-0.2, -0.15) is 0 Å². The molecule has 0 bridgehead atoms. The van der Waals surface area contributed by atoms with E-state index < -0.39 is 0 Å². The molecule has 23 heavy (non-hydrogen) atoms. The maximum Gasteiger partial charge on any atom is 0.191 e. The first-order chi connectivity index (χ1) is 10.8. The minimum absolute atomic E-state index is 0. The number of nitrogens with zero attached hydrogens (tertiary/aromatic N) is 1. The number of ether oxygens (including phenoxy) is 1. The molecule has 1 aromatic rings. The zero-order chi connectivity index (χ0) is 15.0. The molecule has 0 radical (unpaired) electrons. The summed E-state index contributed by atoms with van der Waals surface area (Å²) in [5.41, 5.74) is 0.351. The average molecular weight is 431 g/mol. The van der Waals surface area contributed by atoms with Crippen LogP contribution in [0.3, 0.4) is 0 Å². The highest BCUT2D eigenvalue weighted by Crippen LogP contribution is 2.60. The topological polar surface area (TPSA) is 58.8 Å². The van der Waals surface area contributed by atoms with Crippen LogP contribution in [0.4, 0.5) is 0 Å². The highest BCUT2D eigenvalue weighted by Gasteiger charge is 2.65. The van der Waals surface area contributed by atoms with Gasteiger partial charge >= 0.3 is 0 Å². The van der Waals surface area contributed by atoms with Crippen LogP contribution in [0.5, 0.6) is 0 Å². The van der Waals surface area contributed by atoms with Gasteiger partial charge in [-0.15, -0.1) is 24.0 Å². The molecule has 2 N–H and O–H groups in total. The second-order valence-electron chi connectivity index (χ2n) is 6.81. The van der Waals surface area contributed by atoms with Crippen molar-refractivity contribution >= 4 is 29.9 Å². The second kappa shape index (κ2) is 7.01. The van der Waals surface area contributed by atoms with Crippen molar-refractivity contribution in [1.82, 2.24) is 10.6 Å². The van der Waals surface area contributed by atoms with Gasteiger partial charge in [0.2, 0.25) is 0 Å². The molecule has 6 heteroatoms. The predicted octanol–water partition coefficient (Wildman–Crippen LogP) is 2.91. The van der Waals surface area contributed by atoms with Gasteiger partial charge in [0.05, 0.1) is 18.9 Å². The van der Waals surface area contributed by atoms with Gasteiger partial charge < -0.3 is 19.8 Å². The molecule has 4 rings (SSSR count). The minimum Gasteiger partial charge on any atom is -0.467 e. The third kappa shape index (κ3) is 2.88. The minimum atomic E-state index is 0. The van der Waals surface area contributed by atoms with Gasteiger partial charge in [0.15, 0.2) is 5.96 Å². The Morgan fingerprint density at radius 2 is 2.22 bits per heavy atom. The number of halogens is 1. The van der Waals surface area contributed by atoms with Crippen molar-refractivity contribution in [3.05, 3.63) is 24.2 Å². The third-order valence-corrected chi connectivity index (χ3v) is 5.81. The van der Waals surface area contributed by atoms with Crippen LogP contribution >= 0.6 is 24.0 Å². The molecule has 3 fully saturated rings. The molecule has 0 amide bonds. The first kappa shape index (κ1) is 17.1. The quantitative estimate of drug-likeness (QED) is 0.439. The Balaban J connectivity index is 0.00000156. The Hall–Kier alpha value is -0.760. The molecular formula is C17H26IN3O2. The van der Waals surface area contributed by atoms with Gasteiger partial charge in [0.1, 0.15) is 5.76 Å². The molecule has 1 saturated heterocycles. The molecule has 128 valence electrons. The lowest BCUT2D eigenvalue weighted by Gasteiger charge is -2.57. The predicted molar refractivity (Wildman–Crippen MR) is 100.0 cm³/mol. The summed E-state index contributed by atoms with van der Waals surface area (Å²) in [6, 6.07) is 4.39. The molecule has 0 aromatic carbocycles. The Kier molecular flexibility index (Phi) is 5.20. The first-order valence-electron chi connectivity index (χ1n) is 8.45. The summed E-state index contributed by atoms with van der Waals surface area (Å²) in [6.45, 7) is 1.59. The molecule has 3 atom stereocenters. The SMILES string of the molecule is CN=C(NCc1ccco1)NC1C2CCOC2C12CCCC2.I. The number of furan rings is 1. The highest BCUT2D eigenvalue weighted by atomic mass is 127. The molecule has 1 spiro atoms. The smallest absolute Gasteiger partial charge is 0.191 e. The third-order valence-electron chi connectivity index (χ3n) is 5.81. The van der Waals surface area contributed by atoms with Gasteiger partial charge in [-0.3, -0.25) is 4.99 Å². The lowest BCUT2D eigenvalue weighted by molar-refractivity contribution is -0.125. The van der Waals surface area contributed by atoms with Crippen LogP contribution in [-0.2, 0) is 11.3 Å². The van der Waals surface area contributed by atoms with Crippen molar-refractivity contribution in [2.24, 2.45) is 16.3 Å². The van der Waals surface area contributed by atoms with E-state index in [1.165, 1.54) is 32.1 Å². The molecule has 5 nitrogen and oxygen atoms in total. The summed E-state index contributed by atoms with van der Waals surface area (Å²) >= 11 is 0. The van der Waals surface area contributed by atoms with Crippen LogP contribution in [0.15, 0.2) is 27.8 Å². The number of guanidine groups is 1. The second-order valence-corrected chi connectivity index (χ2v) is 6.81. The monoisotopic (exact) mass is 431 g/mol. The summed E-state index contributed by atoms with van der Waals surface area (Å²) in [5, 5.41) is 7.05. The van der Waals surface area contributed by atoms with Crippen molar-refractivity contribution in [3.8, 4) is 0 Å². The van der Waals surface area contributed by atoms with E-state index in [4.69, 9.17) is 9.15 Å². The van der Waals surface area contributed by atoms with Gasteiger partial charge in [-0.05, 0) is 31.4 Å². The van der Waals surface area contributed by atoms with Crippen molar-refractivity contribution < 1.29 is 9.15 Å². The molecular weight excluding hydrogens is 405 g/mol. The molecule has 3 unspecified atom stereocenters. The van der Waals surface area contributed by atoms with Crippen LogP contribution in [0, 0.1) is 11.3 Å². The Labute approximate surface area is 154 Å². The fourth-order valence-electron chi connectivity index (χ4n) is 4.83. The van der Waals surface area contributed by atoms with E-state index in [1.54, 1.807) is 6.26 Å². The van der Waals surface area contributed by atoms with Crippen molar-refractivity contribution in [2.75, 3.05) is 13.7 Å². The molecule has 1 aromatic heterocycles. The summed E-state index contributed by atoms with van der Waals surface area (Å²) in [6.07, 6.45) is 8.62. The molecule has 2 aliphatic carbocycles. The lowest BCUT2D eigenvalue weighted by atomic mass is 9.54. The molecule has 2 heterocycles. The zero-order valence-electron chi connectivity index (χ0n) is 13.6. The largest absolute Gasteiger partial charge is 0.467 e. The summed E-state index contributed by atoms with van der Waals surface area (Å²) in [4.78, 5) is 4.39. The Bertz CT molecular complexity index is 540. The lowest BCUT2D eigenvalue weighted by Crippen LogP contribution is -2.69. The van der Waals surface area contributed by atoms with E-state index >= 15 is 0 Å². The van der Waals surface area contributed by atoms with Crippen LogP contribution in [0.25, 0.3) is 0 Å². The molecule has 2 saturated carbocycles. The van der Waals surface area contributed by atoms with Crippen LogP contribution in [0.2, 0.25) is 0 Å². The van der Waals surface area contributed by atoms with E-state index in [9.17, 15) is 0 Å². The summed E-state index contributed by atoms with van der Waals surface area (Å²) < 4.78 is 11.4. The maximum absolute atomic E-state index is 6.04. The van der Waals surface area contributed by atoms with E-state index in [2.05, 4.69) is 15.6 Å². The zero-order valence-corrected chi connectivity index (χ0v) is 15.9. The van der Waals surface area contributed by atoms with Crippen LogP contribution in [-0.4, -0.2) is 31.8 Å². The fourth-order valence-corrected chi connectivity index (χ4v) is 4.83. The van der Waals surface area contributed by atoms with E-state index in [-0.39, 0.29) is 24.0 Å². The number of aliphatic imine (C=N–C) groups is 1. The van der Waals surface area contributed by atoms with E-state index in [1.807, 2.05) is 19.2 Å². The number of hydrogen-bond acceptors (Lipinski definition) is 3. The maximum atomic E-state index is 6.04. The Morgan fingerprint density at radius 3 is 2.91 bits per heavy atom. The first-order valence-corrected chi connectivity index (χ1v) is 8.45. The van der Waals surface area contributed by atoms with E-state index in [0.717, 1.165) is 18.3 Å². The van der Waals surface area contributed by atoms with Crippen molar-refractivity contribution in [2.45, 2.75) is 50.8 Å². The normalized spacial score (nSPS) is 31.3. The standard InChI is InChI=1S/C17H25N3O2.HI/c1-18-16(19-11-12-5-4-9-21-12)20-14-13-6-10-22-15(13)17(14)7-2-3-8-17;/h4-5,9,13-15H,2-3,6-8,10-11H2,1H3,(H2,18,19,20);1H. The number of rotatable bonds is 3.